The third-order valence-electron chi connectivity index (χ3n) is 2.17. The van der Waals surface area contributed by atoms with Crippen LogP contribution in [0.25, 0.3) is 0 Å². The molecule has 0 radical (unpaired) electrons. The highest BCUT2D eigenvalue weighted by Gasteiger charge is 2.34. The first-order valence-electron chi connectivity index (χ1n) is 6.97. The number of hydrogen-bond acceptors (Lipinski definition) is 2. The van der Waals surface area contributed by atoms with Gasteiger partial charge in [0.15, 0.2) is 0 Å². The van der Waals surface area contributed by atoms with E-state index in [0.29, 0.717) is 0 Å². The van der Waals surface area contributed by atoms with Crippen molar-refractivity contribution >= 4 is 23.2 Å². The van der Waals surface area contributed by atoms with Crippen LogP contribution < -0.4 is 10.6 Å². The molecule has 0 saturated heterocycles. The molecule has 0 aliphatic carbocycles. The fourth-order valence-electron chi connectivity index (χ4n) is 1.05. The Kier molecular flexibility index (Phi) is 12.6. The smallest absolute Gasteiger partial charge is 0.324 e. The average Bonchev–Trinajstić information content (AvgIpc) is 2.42. The second-order valence-electron chi connectivity index (χ2n) is 4.49. The predicted octanol–water partition coefficient (Wildman–Crippen LogP) is 5.10. The molecule has 1 aromatic carbocycles. The highest BCUT2D eigenvalue weighted by atomic mass is 35.5. The van der Waals surface area contributed by atoms with E-state index in [0.717, 1.165) is 13.0 Å². The Hall–Kier alpha value is -1.34. The van der Waals surface area contributed by atoms with Gasteiger partial charge in [0, 0.05) is 6.92 Å². The molecule has 0 aliphatic rings. The minimum absolute atomic E-state index is 0.244. The molecule has 0 saturated carbocycles. The number of carbonyl (C=O) groups excluding carboxylic acids is 1. The second-order valence-corrected chi connectivity index (χ2v) is 4.90. The fraction of sp³-hybridized carbons (Fsp3) is 0.533. The van der Waals surface area contributed by atoms with Crippen molar-refractivity contribution in [3.63, 3.8) is 0 Å². The van der Waals surface area contributed by atoms with E-state index in [-0.39, 0.29) is 11.8 Å². The van der Waals surface area contributed by atoms with E-state index >= 15 is 0 Å². The van der Waals surface area contributed by atoms with Crippen molar-refractivity contribution in [1.29, 1.82) is 0 Å². The normalized spacial score (nSPS) is 10.0. The van der Waals surface area contributed by atoms with Gasteiger partial charge in [-0.2, -0.15) is 13.2 Å². The van der Waals surface area contributed by atoms with E-state index in [1.54, 1.807) is 0 Å². The Balaban J connectivity index is 0. The maximum atomic E-state index is 13.1. The van der Waals surface area contributed by atoms with Crippen LogP contribution in [0.1, 0.15) is 39.2 Å². The molecular weight excluding hydrogens is 336 g/mol. The molecule has 0 bridgehead atoms. The first-order chi connectivity index (χ1) is 10.5. The zero-order chi connectivity index (χ0) is 18.6. The second kappa shape index (κ2) is 12.1. The Bertz CT molecular complexity index is 477. The summed E-state index contributed by atoms with van der Waals surface area (Å²) in [5.41, 5.74) is -1.66. The highest BCUT2D eigenvalue weighted by molar-refractivity contribution is 6.31. The summed E-state index contributed by atoms with van der Waals surface area (Å²) in [5, 5.41) is 4.11. The van der Waals surface area contributed by atoms with Crippen molar-refractivity contribution in [3.05, 3.63) is 28.5 Å². The zero-order valence-electron chi connectivity index (χ0n) is 13.9. The molecule has 0 atom stereocenters. The molecule has 0 heterocycles. The maximum Gasteiger partial charge on any atom is 0.417 e. The van der Waals surface area contributed by atoms with Crippen LogP contribution in [0.2, 0.25) is 5.02 Å². The third-order valence-corrected chi connectivity index (χ3v) is 2.49. The van der Waals surface area contributed by atoms with Crippen LogP contribution >= 0.6 is 11.6 Å². The van der Waals surface area contributed by atoms with E-state index in [1.807, 2.05) is 19.4 Å². The molecule has 1 amide bonds. The quantitative estimate of drug-likeness (QED) is 0.722. The van der Waals surface area contributed by atoms with Gasteiger partial charge >= 0.3 is 6.18 Å². The molecule has 3 nitrogen and oxygen atoms in total. The molecule has 2 N–H and O–H groups in total. The molecule has 0 unspecified atom stereocenters. The Morgan fingerprint density at radius 3 is 1.91 bits per heavy atom. The molecule has 0 aliphatic heterocycles. The SMILES string of the molecule is CC(=O)Nc1cc(Cl)c(C(F)(F)F)cc1F.CCCC.CNC. The minimum Gasteiger partial charge on any atom is -0.324 e. The first kappa shape index (κ1) is 23.9. The lowest BCUT2D eigenvalue weighted by Gasteiger charge is -2.11. The number of unbranched alkanes of at least 4 members (excludes halogenated alkanes) is 1. The lowest BCUT2D eigenvalue weighted by molar-refractivity contribution is -0.137. The summed E-state index contributed by atoms with van der Waals surface area (Å²) in [7, 11) is 3.75. The van der Waals surface area contributed by atoms with Gasteiger partial charge in [0.05, 0.1) is 16.3 Å². The minimum atomic E-state index is -4.73. The number of halogens is 5. The predicted molar refractivity (Wildman–Crippen MR) is 86.3 cm³/mol. The van der Waals surface area contributed by atoms with Crippen molar-refractivity contribution in [3.8, 4) is 0 Å². The van der Waals surface area contributed by atoms with E-state index in [9.17, 15) is 22.4 Å². The Morgan fingerprint density at radius 1 is 1.17 bits per heavy atom. The molecular formula is C15H23ClF4N2O. The van der Waals surface area contributed by atoms with Crippen LogP contribution in [0.4, 0.5) is 23.2 Å². The summed E-state index contributed by atoms with van der Waals surface area (Å²) in [5.74, 6) is -1.79. The Morgan fingerprint density at radius 2 is 1.61 bits per heavy atom. The molecule has 23 heavy (non-hydrogen) atoms. The number of amides is 1. The Labute approximate surface area is 139 Å². The lowest BCUT2D eigenvalue weighted by Crippen LogP contribution is -2.11. The molecule has 0 fully saturated rings. The topological polar surface area (TPSA) is 41.1 Å². The van der Waals surface area contributed by atoms with Crippen molar-refractivity contribution in [2.24, 2.45) is 0 Å². The summed E-state index contributed by atoms with van der Waals surface area (Å²) >= 11 is 5.33. The molecule has 0 spiro atoms. The number of nitrogens with one attached hydrogen (secondary N) is 2. The van der Waals surface area contributed by atoms with Gasteiger partial charge in [0.2, 0.25) is 5.91 Å². The summed E-state index contributed by atoms with van der Waals surface area (Å²) in [6, 6.07) is 0.967. The van der Waals surface area contributed by atoms with Gasteiger partial charge in [-0.3, -0.25) is 4.79 Å². The summed E-state index contributed by atoms with van der Waals surface area (Å²) in [6.45, 7) is 5.46. The van der Waals surface area contributed by atoms with Crippen molar-refractivity contribution < 1.29 is 22.4 Å². The van der Waals surface area contributed by atoms with Gasteiger partial charge in [-0.25, -0.2) is 4.39 Å². The number of carbonyl (C=O) groups is 1. The first-order valence-corrected chi connectivity index (χ1v) is 7.35. The number of benzene rings is 1. The van der Waals surface area contributed by atoms with Gasteiger partial charge in [-0.05, 0) is 26.2 Å². The highest BCUT2D eigenvalue weighted by Crippen LogP contribution is 2.37. The lowest BCUT2D eigenvalue weighted by atomic mass is 10.2. The summed E-state index contributed by atoms with van der Waals surface area (Å²) in [6.07, 6.45) is -2.09. The third kappa shape index (κ3) is 10.9. The van der Waals surface area contributed by atoms with Crippen molar-refractivity contribution in [1.82, 2.24) is 5.32 Å². The van der Waals surface area contributed by atoms with Crippen LogP contribution in [0.3, 0.4) is 0 Å². The van der Waals surface area contributed by atoms with Gasteiger partial charge in [-0.1, -0.05) is 38.3 Å². The zero-order valence-corrected chi connectivity index (χ0v) is 14.6. The van der Waals surface area contributed by atoms with Gasteiger partial charge < -0.3 is 10.6 Å². The van der Waals surface area contributed by atoms with E-state index < -0.39 is 28.5 Å². The van der Waals surface area contributed by atoms with Gasteiger partial charge in [0.1, 0.15) is 5.82 Å². The van der Waals surface area contributed by atoms with Crippen molar-refractivity contribution in [2.75, 3.05) is 19.4 Å². The number of anilines is 1. The monoisotopic (exact) mass is 358 g/mol. The largest absolute Gasteiger partial charge is 0.417 e. The van der Waals surface area contributed by atoms with Gasteiger partial charge in [0.25, 0.3) is 0 Å². The maximum absolute atomic E-state index is 13.1. The summed E-state index contributed by atoms with van der Waals surface area (Å²) < 4.78 is 50.0. The average molecular weight is 359 g/mol. The molecule has 1 aromatic rings. The van der Waals surface area contributed by atoms with Crippen molar-refractivity contribution in [2.45, 2.75) is 39.8 Å². The number of hydrogen-bond donors (Lipinski definition) is 2. The van der Waals surface area contributed by atoms with E-state index in [4.69, 9.17) is 11.6 Å². The standard InChI is InChI=1S/C9H6ClF4NO.C4H10.C2H7N/c1-4(16)15-8-3-6(10)5(2-7(8)11)9(12,13)14;1-3-4-2;1-3-2/h2-3H,1H3,(H,15,16);3-4H2,1-2H3;3H,1-2H3. The number of rotatable bonds is 2. The van der Waals surface area contributed by atoms with Crippen LogP contribution in [-0.4, -0.2) is 20.0 Å². The number of alkyl halides is 3. The van der Waals surface area contributed by atoms with E-state index in [1.165, 1.54) is 12.8 Å². The van der Waals surface area contributed by atoms with E-state index in [2.05, 4.69) is 19.2 Å². The molecule has 1 rings (SSSR count). The molecule has 134 valence electrons. The van der Waals surface area contributed by atoms with Gasteiger partial charge in [-0.15, -0.1) is 0 Å². The molecule has 0 aromatic heterocycles. The van der Waals surface area contributed by atoms with Crippen LogP contribution in [0, 0.1) is 5.82 Å². The van der Waals surface area contributed by atoms with Crippen LogP contribution in [0.5, 0.6) is 0 Å². The van der Waals surface area contributed by atoms with Crippen LogP contribution in [0.15, 0.2) is 12.1 Å². The summed E-state index contributed by atoms with van der Waals surface area (Å²) in [4.78, 5) is 10.6. The fourth-order valence-corrected chi connectivity index (χ4v) is 1.32. The van der Waals surface area contributed by atoms with Crippen LogP contribution in [-0.2, 0) is 11.0 Å². The molecule has 8 heteroatoms.